The molecule has 0 radical (unpaired) electrons. The lowest BCUT2D eigenvalue weighted by Crippen LogP contribution is -2.62. The second kappa shape index (κ2) is 6.87. The van der Waals surface area contributed by atoms with E-state index < -0.39 is 8.07 Å². The fourth-order valence-electron chi connectivity index (χ4n) is 2.86. The monoisotopic (exact) mass is 283 g/mol. The molecule has 0 spiro atoms. The molecule has 0 atom stereocenters. The molecular formula is C18H25NSi. The Kier molecular flexibility index (Phi) is 5.15. The molecular weight excluding hydrogens is 258 g/mol. The first-order chi connectivity index (χ1) is 9.70. The van der Waals surface area contributed by atoms with Crippen LogP contribution >= 0.6 is 0 Å². The Morgan fingerprint density at radius 1 is 0.750 bits per heavy atom. The maximum Gasteiger partial charge on any atom is 0.128 e. The Morgan fingerprint density at radius 3 is 1.50 bits per heavy atom. The maximum atomic E-state index is 2.56. The Balaban J connectivity index is 2.43. The van der Waals surface area contributed by atoms with Gasteiger partial charge >= 0.3 is 0 Å². The number of nitrogens with zero attached hydrogens (tertiary/aromatic N) is 1. The molecule has 2 heteroatoms. The summed E-state index contributed by atoms with van der Waals surface area (Å²) in [5.41, 5.74) is 0. The number of hydrogen-bond acceptors (Lipinski definition) is 1. The van der Waals surface area contributed by atoms with Crippen molar-refractivity contribution in [2.75, 3.05) is 19.3 Å². The van der Waals surface area contributed by atoms with Crippen molar-refractivity contribution < 1.29 is 0 Å². The van der Waals surface area contributed by atoms with Gasteiger partial charge in [-0.1, -0.05) is 91.4 Å². The summed E-state index contributed by atoms with van der Waals surface area (Å²) in [6.07, 6.45) is 1.19. The molecule has 106 valence electrons. The summed E-state index contributed by atoms with van der Waals surface area (Å²) < 4.78 is 0. The summed E-state index contributed by atoms with van der Waals surface area (Å²) in [6, 6.07) is 22.1. The zero-order valence-electron chi connectivity index (χ0n) is 12.8. The number of hydrogen-bond donors (Lipinski definition) is 0. The van der Waals surface area contributed by atoms with E-state index in [-0.39, 0.29) is 0 Å². The summed E-state index contributed by atoms with van der Waals surface area (Å²) in [6.45, 7) is 9.26. The van der Waals surface area contributed by atoms with Crippen molar-refractivity contribution in [2.45, 2.75) is 20.4 Å². The molecule has 0 fully saturated rings. The van der Waals surface area contributed by atoms with Gasteiger partial charge in [-0.05, 0) is 13.1 Å². The van der Waals surface area contributed by atoms with Crippen molar-refractivity contribution in [1.82, 2.24) is 4.90 Å². The van der Waals surface area contributed by atoms with Crippen molar-refractivity contribution in [1.29, 1.82) is 0 Å². The minimum absolute atomic E-state index is 1.12. The minimum atomic E-state index is -1.68. The Labute approximate surface area is 124 Å². The Hall–Kier alpha value is -1.38. The van der Waals surface area contributed by atoms with Crippen LogP contribution in [0, 0.1) is 0 Å². The number of rotatable bonds is 6. The van der Waals surface area contributed by atoms with E-state index in [2.05, 4.69) is 86.0 Å². The quantitative estimate of drug-likeness (QED) is 0.737. The summed E-state index contributed by atoms with van der Waals surface area (Å²) in [7, 11) is -1.68. The minimum Gasteiger partial charge on any atom is -0.306 e. The molecule has 0 aliphatic heterocycles. The van der Waals surface area contributed by atoms with Gasteiger partial charge in [0.1, 0.15) is 8.07 Å². The molecule has 20 heavy (non-hydrogen) atoms. The van der Waals surface area contributed by atoms with E-state index in [0.717, 1.165) is 13.1 Å². The largest absolute Gasteiger partial charge is 0.306 e. The molecule has 2 aromatic rings. The van der Waals surface area contributed by atoms with Crippen molar-refractivity contribution in [2.24, 2.45) is 0 Å². The summed E-state index contributed by atoms with van der Waals surface area (Å²) in [5, 5.41) is 3.05. The predicted octanol–water partition coefficient (Wildman–Crippen LogP) is 2.76. The highest BCUT2D eigenvalue weighted by Crippen LogP contribution is 2.08. The van der Waals surface area contributed by atoms with Crippen LogP contribution in [0.5, 0.6) is 0 Å². The van der Waals surface area contributed by atoms with E-state index >= 15 is 0 Å². The highest BCUT2D eigenvalue weighted by Gasteiger charge is 2.32. The maximum absolute atomic E-state index is 2.56. The average molecular weight is 283 g/mol. The van der Waals surface area contributed by atoms with Crippen LogP contribution in [0.3, 0.4) is 0 Å². The third-order valence-corrected chi connectivity index (χ3v) is 8.55. The van der Waals surface area contributed by atoms with Crippen molar-refractivity contribution >= 4 is 18.4 Å². The Bertz CT molecular complexity index is 466. The lowest BCUT2D eigenvalue weighted by atomic mass is 10.4. The zero-order valence-corrected chi connectivity index (χ0v) is 13.8. The summed E-state index contributed by atoms with van der Waals surface area (Å²) in [5.74, 6) is 0. The molecule has 0 bridgehead atoms. The van der Waals surface area contributed by atoms with Crippen LogP contribution in [0.2, 0.25) is 6.55 Å². The fourth-order valence-corrected chi connectivity index (χ4v) is 6.75. The van der Waals surface area contributed by atoms with Gasteiger partial charge in [-0.2, -0.15) is 0 Å². The lowest BCUT2D eigenvalue weighted by molar-refractivity contribution is 0.349. The van der Waals surface area contributed by atoms with E-state index in [1.54, 1.807) is 0 Å². The second-order valence-corrected chi connectivity index (χ2v) is 9.66. The first-order valence-corrected chi connectivity index (χ1v) is 10.2. The average Bonchev–Trinajstić information content (AvgIpc) is 2.54. The van der Waals surface area contributed by atoms with Gasteiger partial charge in [0.05, 0.1) is 0 Å². The van der Waals surface area contributed by atoms with Crippen LogP contribution in [0.4, 0.5) is 0 Å². The normalized spacial score (nSPS) is 11.8. The molecule has 0 saturated carbocycles. The molecule has 0 aliphatic carbocycles. The van der Waals surface area contributed by atoms with E-state index in [9.17, 15) is 0 Å². The van der Waals surface area contributed by atoms with Gasteiger partial charge in [0.25, 0.3) is 0 Å². The van der Waals surface area contributed by atoms with Gasteiger partial charge in [0.15, 0.2) is 0 Å². The van der Waals surface area contributed by atoms with Gasteiger partial charge in [-0.3, -0.25) is 0 Å². The van der Waals surface area contributed by atoms with Crippen molar-refractivity contribution in [3.8, 4) is 0 Å². The highest BCUT2D eigenvalue weighted by atomic mass is 28.3. The van der Waals surface area contributed by atoms with Crippen LogP contribution in [-0.4, -0.2) is 32.2 Å². The molecule has 0 aliphatic rings. The molecule has 2 aromatic carbocycles. The Morgan fingerprint density at radius 2 is 1.15 bits per heavy atom. The molecule has 0 saturated heterocycles. The molecule has 1 nitrogen and oxygen atoms in total. The molecule has 0 aromatic heterocycles. The third-order valence-electron chi connectivity index (χ3n) is 4.26. The molecule has 2 rings (SSSR count). The van der Waals surface area contributed by atoms with Crippen LogP contribution in [0.15, 0.2) is 60.7 Å². The fraction of sp³-hybridized carbons (Fsp3) is 0.333. The van der Waals surface area contributed by atoms with E-state index in [1.807, 2.05) is 0 Å². The van der Waals surface area contributed by atoms with Crippen LogP contribution in [0.1, 0.15) is 13.8 Å². The van der Waals surface area contributed by atoms with Gasteiger partial charge in [0, 0.05) is 6.17 Å². The van der Waals surface area contributed by atoms with E-state index in [0.29, 0.717) is 0 Å². The van der Waals surface area contributed by atoms with Crippen LogP contribution in [-0.2, 0) is 0 Å². The summed E-state index contributed by atoms with van der Waals surface area (Å²) >= 11 is 0. The molecule has 0 heterocycles. The van der Waals surface area contributed by atoms with Gasteiger partial charge < -0.3 is 4.90 Å². The first-order valence-electron chi connectivity index (χ1n) is 7.54. The van der Waals surface area contributed by atoms with Gasteiger partial charge in [0.2, 0.25) is 0 Å². The predicted molar refractivity (Wildman–Crippen MR) is 91.6 cm³/mol. The smallest absolute Gasteiger partial charge is 0.128 e. The second-order valence-electron chi connectivity index (χ2n) is 5.53. The van der Waals surface area contributed by atoms with Gasteiger partial charge in [-0.15, -0.1) is 0 Å². The third kappa shape index (κ3) is 3.19. The van der Waals surface area contributed by atoms with Gasteiger partial charge in [-0.25, -0.2) is 0 Å². The van der Waals surface area contributed by atoms with E-state index in [4.69, 9.17) is 0 Å². The number of benzene rings is 2. The van der Waals surface area contributed by atoms with Crippen LogP contribution in [0.25, 0.3) is 0 Å². The lowest BCUT2D eigenvalue weighted by Gasteiger charge is -2.34. The van der Waals surface area contributed by atoms with E-state index in [1.165, 1.54) is 16.5 Å². The molecule has 0 unspecified atom stereocenters. The topological polar surface area (TPSA) is 3.24 Å². The highest BCUT2D eigenvalue weighted by molar-refractivity contribution is 7.01. The standard InChI is InChI=1S/C18H25NSi/c1-4-19(5-2)16-20(3,17-12-8-6-9-13-17)18-14-10-7-11-15-18/h6-15H,4-5,16H2,1-3H3. The van der Waals surface area contributed by atoms with Crippen molar-refractivity contribution in [3.63, 3.8) is 0 Å². The molecule has 0 amide bonds. The first kappa shape index (κ1) is 15.0. The van der Waals surface area contributed by atoms with Crippen LogP contribution < -0.4 is 10.4 Å². The van der Waals surface area contributed by atoms with Crippen molar-refractivity contribution in [3.05, 3.63) is 60.7 Å². The summed E-state index contributed by atoms with van der Waals surface area (Å²) in [4.78, 5) is 2.56. The molecule has 0 N–H and O–H groups in total. The zero-order chi connectivity index (χ0) is 14.4. The SMILES string of the molecule is CCN(CC)C[Si](C)(c1ccccc1)c1ccccc1.